The second-order valence-electron chi connectivity index (χ2n) is 4.25. The van der Waals surface area contributed by atoms with Crippen LogP contribution >= 0.6 is 0 Å². The molecule has 0 aliphatic rings. The highest BCUT2D eigenvalue weighted by Gasteiger charge is 2.51. The molecule has 0 rings (SSSR count). The molecule has 9 heteroatoms. The standard InChI is InChI=1S/C12H19NO7Si/c1-8(2)12(17)13-6-7-21(18-9(3)14,19-10(4)15)20-11(5)16/h1,6-7H2,2-5H3,(H,13,17). The van der Waals surface area contributed by atoms with Gasteiger partial charge in [0.1, 0.15) is 0 Å². The van der Waals surface area contributed by atoms with Gasteiger partial charge in [-0.1, -0.05) is 6.58 Å². The van der Waals surface area contributed by atoms with Gasteiger partial charge in [-0.05, 0) is 6.92 Å². The fourth-order valence-corrected chi connectivity index (χ4v) is 3.53. The van der Waals surface area contributed by atoms with Crippen LogP contribution < -0.4 is 5.32 Å². The lowest BCUT2D eigenvalue weighted by Crippen LogP contribution is -2.51. The van der Waals surface area contributed by atoms with Gasteiger partial charge in [0.2, 0.25) is 5.91 Å². The molecule has 0 bridgehead atoms. The SMILES string of the molecule is C=C(C)C(=O)NCC[Si](OC(C)=O)(OC(C)=O)OC(C)=O. The first-order valence-corrected chi connectivity index (χ1v) is 8.03. The first-order valence-electron chi connectivity index (χ1n) is 6.10. The van der Waals surface area contributed by atoms with Crippen molar-refractivity contribution >= 4 is 32.6 Å². The van der Waals surface area contributed by atoms with Crippen LogP contribution in [0.3, 0.4) is 0 Å². The molecule has 8 nitrogen and oxygen atoms in total. The largest absolute Gasteiger partial charge is 0.706 e. The second kappa shape index (κ2) is 8.20. The van der Waals surface area contributed by atoms with Crippen LogP contribution in [0.5, 0.6) is 0 Å². The van der Waals surface area contributed by atoms with E-state index < -0.39 is 32.6 Å². The molecular weight excluding hydrogens is 298 g/mol. The average Bonchev–Trinajstić information content (AvgIpc) is 2.24. The van der Waals surface area contributed by atoms with Gasteiger partial charge < -0.3 is 18.6 Å². The van der Waals surface area contributed by atoms with Crippen LogP contribution in [0.4, 0.5) is 0 Å². The lowest BCUT2D eigenvalue weighted by molar-refractivity contribution is -0.147. The van der Waals surface area contributed by atoms with Crippen LogP contribution in [0.25, 0.3) is 0 Å². The molecule has 21 heavy (non-hydrogen) atoms. The van der Waals surface area contributed by atoms with Crippen molar-refractivity contribution in [2.45, 2.75) is 33.7 Å². The van der Waals surface area contributed by atoms with Crippen LogP contribution in [0.2, 0.25) is 6.04 Å². The van der Waals surface area contributed by atoms with Crippen molar-refractivity contribution < 1.29 is 32.5 Å². The van der Waals surface area contributed by atoms with Crippen molar-refractivity contribution in [3.8, 4) is 0 Å². The molecule has 1 N–H and O–H groups in total. The molecule has 0 aromatic rings. The predicted octanol–water partition coefficient (Wildman–Crippen LogP) is 0.307. The Bertz CT molecular complexity index is 420. The molecule has 0 unspecified atom stereocenters. The summed E-state index contributed by atoms with van der Waals surface area (Å²) in [6.07, 6.45) is 0. The normalized spacial score (nSPS) is 10.3. The Kier molecular flexibility index (Phi) is 7.35. The Morgan fingerprint density at radius 3 is 1.57 bits per heavy atom. The van der Waals surface area contributed by atoms with Gasteiger partial charge in [-0.2, -0.15) is 0 Å². The van der Waals surface area contributed by atoms with Gasteiger partial charge in [-0.3, -0.25) is 19.2 Å². The third-order valence-corrected chi connectivity index (χ3v) is 4.66. The van der Waals surface area contributed by atoms with Crippen LogP contribution in [0, 0.1) is 0 Å². The summed E-state index contributed by atoms with van der Waals surface area (Å²) in [6.45, 7) is 8.26. The summed E-state index contributed by atoms with van der Waals surface area (Å²) in [5.74, 6) is -2.67. The van der Waals surface area contributed by atoms with E-state index in [2.05, 4.69) is 11.9 Å². The van der Waals surface area contributed by atoms with E-state index in [4.69, 9.17) is 13.3 Å². The highest BCUT2D eigenvalue weighted by molar-refractivity contribution is 6.65. The number of hydrogen-bond donors (Lipinski definition) is 1. The van der Waals surface area contributed by atoms with E-state index in [-0.39, 0.29) is 18.2 Å². The van der Waals surface area contributed by atoms with E-state index in [9.17, 15) is 19.2 Å². The van der Waals surface area contributed by atoms with Crippen LogP contribution in [0.15, 0.2) is 12.2 Å². The van der Waals surface area contributed by atoms with Crippen LogP contribution in [0.1, 0.15) is 27.7 Å². The maximum absolute atomic E-state index is 11.4. The summed E-state index contributed by atoms with van der Waals surface area (Å²) < 4.78 is 14.8. The molecular formula is C12H19NO7Si. The molecule has 0 heterocycles. The van der Waals surface area contributed by atoms with E-state index in [1.165, 1.54) is 6.92 Å². The molecule has 1 amide bonds. The fourth-order valence-electron chi connectivity index (χ4n) is 1.35. The molecule has 0 saturated heterocycles. The highest BCUT2D eigenvalue weighted by Crippen LogP contribution is 2.16. The zero-order valence-corrected chi connectivity index (χ0v) is 13.5. The zero-order chi connectivity index (χ0) is 16.6. The van der Waals surface area contributed by atoms with E-state index in [0.717, 1.165) is 20.8 Å². The number of hydrogen-bond acceptors (Lipinski definition) is 7. The minimum Gasteiger partial charge on any atom is -0.455 e. The van der Waals surface area contributed by atoms with Crippen molar-refractivity contribution in [2.24, 2.45) is 0 Å². The van der Waals surface area contributed by atoms with Gasteiger partial charge in [-0.15, -0.1) is 0 Å². The lowest BCUT2D eigenvalue weighted by atomic mass is 10.3. The van der Waals surface area contributed by atoms with Gasteiger partial charge in [-0.25, -0.2) is 0 Å². The van der Waals surface area contributed by atoms with Gasteiger partial charge in [0.05, 0.1) is 6.04 Å². The quantitative estimate of drug-likeness (QED) is 0.531. The second-order valence-corrected chi connectivity index (χ2v) is 6.73. The fraction of sp³-hybridized carbons (Fsp3) is 0.500. The zero-order valence-electron chi connectivity index (χ0n) is 12.5. The average molecular weight is 317 g/mol. The maximum atomic E-state index is 11.4. The number of rotatable bonds is 7. The molecule has 0 atom stereocenters. The molecule has 0 aliphatic heterocycles. The number of nitrogens with one attached hydrogen (secondary N) is 1. The summed E-state index contributed by atoms with van der Waals surface area (Å²) in [4.78, 5) is 44.8. The molecule has 0 fully saturated rings. The Balaban J connectivity index is 5.00. The lowest BCUT2D eigenvalue weighted by Gasteiger charge is -2.26. The number of carbonyl (C=O) groups is 4. The smallest absolute Gasteiger partial charge is 0.455 e. The molecule has 0 aliphatic carbocycles. The summed E-state index contributed by atoms with van der Waals surface area (Å²) >= 11 is 0. The van der Waals surface area contributed by atoms with Crippen molar-refractivity contribution in [2.75, 3.05) is 6.54 Å². The van der Waals surface area contributed by atoms with Gasteiger partial charge in [0, 0.05) is 32.9 Å². The monoisotopic (exact) mass is 317 g/mol. The third-order valence-electron chi connectivity index (χ3n) is 2.00. The molecule has 118 valence electrons. The first-order chi connectivity index (χ1) is 9.58. The van der Waals surface area contributed by atoms with E-state index in [0.29, 0.717) is 0 Å². The van der Waals surface area contributed by atoms with Crippen LogP contribution in [-0.4, -0.2) is 39.2 Å². The summed E-state index contributed by atoms with van der Waals surface area (Å²) in [6, 6.07) is -0.120. The van der Waals surface area contributed by atoms with Gasteiger partial charge in [0.25, 0.3) is 17.9 Å². The van der Waals surface area contributed by atoms with E-state index in [1.54, 1.807) is 0 Å². The topological polar surface area (TPSA) is 108 Å². The number of carbonyl (C=O) groups excluding carboxylic acids is 4. The molecule has 0 aromatic heterocycles. The van der Waals surface area contributed by atoms with Crippen molar-refractivity contribution in [3.05, 3.63) is 12.2 Å². The van der Waals surface area contributed by atoms with E-state index >= 15 is 0 Å². The minimum atomic E-state index is -3.88. The predicted molar refractivity (Wildman–Crippen MR) is 73.7 cm³/mol. The van der Waals surface area contributed by atoms with Crippen molar-refractivity contribution in [1.29, 1.82) is 0 Å². The minimum absolute atomic E-state index is 0.00818. The summed E-state index contributed by atoms with van der Waals surface area (Å²) in [7, 11) is -3.88. The molecule has 0 saturated carbocycles. The number of amides is 1. The van der Waals surface area contributed by atoms with E-state index in [1.807, 2.05) is 0 Å². The maximum Gasteiger partial charge on any atom is 0.706 e. The highest BCUT2D eigenvalue weighted by atomic mass is 28.4. The third kappa shape index (κ3) is 7.87. The molecule has 0 spiro atoms. The summed E-state index contributed by atoms with van der Waals surface area (Å²) in [5, 5.41) is 2.48. The summed E-state index contributed by atoms with van der Waals surface area (Å²) in [5.41, 5.74) is 0.287. The van der Waals surface area contributed by atoms with Crippen LogP contribution in [-0.2, 0) is 32.5 Å². The molecule has 0 radical (unpaired) electrons. The van der Waals surface area contributed by atoms with Crippen molar-refractivity contribution in [1.82, 2.24) is 5.32 Å². The Morgan fingerprint density at radius 1 is 0.905 bits per heavy atom. The Morgan fingerprint density at radius 2 is 1.29 bits per heavy atom. The van der Waals surface area contributed by atoms with Gasteiger partial charge >= 0.3 is 8.80 Å². The van der Waals surface area contributed by atoms with Gasteiger partial charge in [0.15, 0.2) is 0 Å². The molecule has 0 aromatic carbocycles. The first kappa shape index (κ1) is 18.8. The Labute approximate surface area is 123 Å². The van der Waals surface area contributed by atoms with Crippen molar-refractivity contribution in [3.63, 3.8) is 0 Å². The Hall–Kier alpha value is -2.16.